The van der Waals surface area contributed by atoms with Crippen molar-refractivity contribution < 1.29 is 4.79 Å². The number of thiophene rings is 1. The van der Waals surface area contributed by atoms with E-state index < -0.39 is 5.54 Å². The van der Waals surface area contributed by atoms with Gasteiger partial charge < -0.3 is 0 Å². The molecule has 0 spiro atoms. The number of hydrogen-bond acceptors (Lipinski definition) is 6. The number of hydrazine groups is 1. The molecule has 2 aromatic rings. The van der Waals surface area contributed by atoms with Crippen LogP contribution in [0.2, 0.25) is 0 Å². The Morgan fingerprint density at radius 2 is 2.04 bits per heavy atom. The second-order valence-electron chi connectivity index (χ2n) is 8.23. The van der Waals surface area contributed by atoms with Crippen molar-refractivity contribution >= 4 is 17.2 Å². The van der Waals surface area contributed by atoms with Crippen LogP contribution in [0.3, 0.4) is 0 Å². The zero-order chi connectivity index (χ0) is 19.4. The van der Waals surface area contributed by atoms with Crippen LogP contribution in [0, 0.1) is 5.92 Å². The van der Waals surface area contributed by atoms with Gasteiger partial charge in [-0.05, 0) is 66.3 Å². The van der Waals surface area contributed by atoms with Crippen LogP contribution < -0.4 is 10.9 Å². The second kappa shape index (κ2) is 8.69. The maximum absolute atomic E-state index is 12.5. The predicted molar refractivity (Wildman–Crippen MR) is 109 cm³/mol. The monoisotopic (exact) mass is 402 g/mol. The molecule has 0 radical (unpaired) electrons. The Kier molecular flexibility index (Phi) is 6.06. The summed E-state index contributed by atoms with van der Waals surface area (Å²) in [5.74, 6) is 1.53. The number of aromatic nitrogens is 4. The molecule has 2 heterocycles. The van der Waals surface area contributed by atoms with Crippen LogP contribution in [0.15, 0.2) is 17.5 Å². The van der Waals surface area contributed by atoms with Crippen molar-refractivity contribution in [3.05, 3.63) is 28.2 Å². The normalized spacial score (nSPS) is 26.2. The maximum Gasteiger partial charge on any atom is 0.275 e. The molecule has 0 saturated heterocycles. The SMILES string of the molecule is CCC1CCC(NNC(=O)c2cccs2)(c2nnnn2C2CCCCC2)CC1. The van der Waals surface area contributed by atoms with Crippen LogP contribution in [0.5, 0.6) is 0 Å². The number of tetrazole rings is 1. The molecule has 2 N–H and O–H groups in total. The van der Waals surface area contributed by atoms with Gasteiger partial charge in [-0.2, -0.15) is 0 Å². The number of hydrogen-bond donors (Lipinski definition) is 2. The van der Waals surface area contributed by atoms with E-state index in [1.165, 1.54) is 37.0 Å². The minimum absolute atomic E-state index is 0.0938. The molecule has 28 heavy (non-hydrogen) atoms. The van der Waals surface area contributed by atoms with Crippen LogP contribution in [-0.2, 0) is 5.54 Å². The van der Waals surface area contributed by atoms with Crippen molar-refractivity contribution in [2.24, 2.45) is 5.92 Å². The Morgan fingerprint density at radius 3 is 2.71 bits per heavy atom. The fourth-order valence-electron chi connectivity index (χ4n) is 4.71. The Labute approximate surface area is 170 Å². The highest BCUT2D eigenvalue weighted by molar-refractivity contribution is 7.12. The number of carbonyl (C=O) groups is 1. The van der Waals surface area contributed by atoms with Gasteiger partial charge in [-0.25, -0.2) is 10.1 Å². The summed E-state index contributed by atoms with van der Waals surface area (Å²) < 4.78 is 2.05. The van der Waals surface area contributed by atoms with Gasteiger partial charge in [-0.3, -0.25) is 10.2 Å². The van der Waals surface area contributed by atoms with E-state index in [9.17, 15) is 4.79 Å². The molecule has 0 aromatic carbocycles. The van der Waals surface area contributed by atoms with Crippen molar-refractivity contribution in [1.82, 2.24) is 31.1 Å². The van der Waals surface area contributed by atoms with Gasteiger partial charge in [0, 0.05) is 0 Å². The van der Waals surface area contributed by atoms with Gasteiger partial charge in [0.25, 0.3) is 5.91 Å². The van der Waals surface area contributed by atoms with Crippen molar-refractivity contribution in [3.63, 3.8) is 0 Å². The van der Waals surface area contributed by atoms with E-state index in [-0.39, 0.29) is 5.91 Å². The number of nitrogens with zero attached hydrogens (tertiary/aromatic N) is 4. The number of rotatable bonds is 6. The predicted octanol–water partition coefficient (Wildman–Crippen LogP) is 3.97. The summed E-state index contributed by atoms with van der Waals surface area (Å²) in [5, 5.41) is 14.8. The van der Waals surface area contributed by atoms with Crippen LogP contribution in [-0.4, -0.2) is 26.1 Å². The van der Waals surface area contributed by atoms with Crippen LogP contribution in [0.4, 0.5) is 0 Å². The molecule has 2 aliphatic rings. The zero-order valence-electron chi connectivity index (χ0n) is 16.6. The molecule has 7 nitrogen and oxygen atoms in total. The fraction of sp³-hybridized carbons (Fsp3) is 0.700. The number of nitrogens with one attached hydrogen (secondary N) is 2. The van der Waals surface area contributed by atoms with Gasteiger partial charge >= 0.3 is 0 Å². The summed E-state index contributed by atoms with van der Waals surface area (Å²) >= 11 is 1.45. The summed E-state index contributed by atoms with van der Waals surface area (Å²) in [7, 11) is 0. The molecule has 152 valence electrons. The standard InChI is InChI=1S/C20H30N6OS/c1-2-15-10-12-20(13-11-15,23-21-18(27)17-9-6-14-28-17)19-22-24-25-26(19)16-7-4-3-5-8-16/h6,9,14-16,23H,2-5,7-8,10-13H2,1H3,(H,21,27). The minimum atomic E-state index is -0.403. The molecule has 1 amide bonds. The summed E-state index contributed by atoms with van der Waals surface area (Å²) in [6.45, 7) is 2.26. The molecule has 8 heteroatoms. The molecule has 0 unspecified atom stereocenters. The molecule has 2 aliphatic carbocycles. The lowest BCUT2D eigenvalue weighted by atomic mass is 9.75. The van der Waals surface area contributed by atoms with Crippen LogP contribution in [0.1, 0.15) is 92.7 Å². The van der Waals surface area contributed by atoms with E-state index in [0.29, 0.717) is 10.9 Å². The Bertz CT molecular complexity index is 760. The summed E-state index contributed by atoms with van der Waals surface area (Å²) in [6, 6.07) is 4.11. The largest absolute Gasteiger partial charge is 0.286 e. The first-order chi connectivity index (χ1) is 13.7. The van der Waals surface area contributed by atoms with Gasteiger partial charge in [0.1, 0.15) is 0 Å². The summed E-state index contributed by atoms with van der Waals surface area (Å²) in [5.41, 5.74) is 5.95. The van der Waals surface area contributed by atoms with Crippen molar-refractivity contribution in [1.29, 1.82) is 0 Å². The highest BCUT2D eigenvalue weighted by Gasteiger charge is 2.42. The van der Waals surface area contributed by atoms with Crippen LogP contribution >= 0.6 is 11.3 Å². The topological polar surface area (TPSA) is 84.7 Å². The average Bonchev–Trinajstić information content (AvgIpc) is 3.45. The molecular weight excluding hydrogens is 372 g/mol. The number of amides is 1. The summed E-state index contributed by atoms with van der Waals surface area (Å²) in [6.07, 6.45) is 11.3. The Hall–Kier alpha value is -1.80. The molecule has 2 saturated carbocycles. The van der Waals surface area contributed by atoms with E-state index in [1.54, 1.807) is 0 Å². The lowest BCUT2D eigenvalue weighted by molar-refractivity contribution is 0.0850. The Morgan fingerprint density at radius 1 is 1.25 bits per heavy atom. The van der Waals surface area contributed by atoms with E-state index >= 15 is 0 Å². The average molecular weight is 403 g/mol. The highest BCUT2D eigenvalue weighted by Crippen LogP contribution is 2.41. The van der Waals surface area contributed by atoms with Crippen molar-refractivity contribution in [2.75, 3.05) is 0 Å². The molecular formula is C20H30N6OS. The van der Waals surface area contributed by atoms with Gasteiger partial charge in [0.15, 0.2) is 5.82 Å². The highest BCUT2D eigenvalue weighted by atomic mass is 32.1. The van der Waals surface area contributed by atoms with Crippen molar-refractivity contribution in [2.45, 2.75) is 82.7 Å². The smallest absolute Gasteiger partial charge is 0.275 e. The third kappa shape index (κ3) is 3.98. The molecule has 0 aliphatic heterocycles. The molecule has 4 rings (SSSR count). The van der Waals surface area contributed by atoms with Gasteiger partial charge in [0.2, 0.25) is 0 Å². The second-order valence-corrected chi connectivity index (χ2v) is 9.18. The van der Waals surface area contributed by atoms with Gasteiger partial charge in [-0.1, -0.05) is 38.7 Å². The van der Waals surface area contributed by atoms with E-state index in [0.717, 1.165) is 50.3 Å². The summed E-state index contributed by atoms with van der Waals surface area (Å²) in [4.78, 5) is 13.3. The fourth-order valence-corrected chi connectivity index (χ4v) is 5.33. The minimum Gasteiger partial charge on any atom is -0.286 e. The molecule has 2 aromatic heterocycles. The van der Waals surface area contributed by atoms with E-state index in [1.807, 2.05) is 17.5 Å². The molecule has 0 bridgehead atoms. The first-order valence-electron chi connectivity index (χ1n) is 10.6. The lowest BCUT2D eigenvalue weighted by Gasteiger charge is -2.40. The zero-order valence-corrected chi connectivity index (χ0v) is 17.4. The van der Waals surface area contributed by atoms with Crippen molar-refractivity contribution in [3.8, 4) is 0 Å². The Balaban J connectivity index is 1.57. The van der Waals surface area contributed by atoms with Gasteiger partial charge in [0.05, 0.1) is 16.5 Å². The third-order valence-corrected chi connectivity index (χ3v) is 7.41. The van der Waals surface area contributed by atoms with E-state index in [2.05, 4.69) is 38.0 Å². The molecule has 0 atom stereocenters. The van der Waals surface area contributed by atoms with Crippen LogP contribution in [0.25, 0.3) is 0 Å². The molecule has 2 fully saturated rings. The first kappa shape index (κ1) is 19.5. The first-order valence-corrected chi connectivity index (χ1v) is 11.5. The third-order valence-electron chi connectivity index (χ3n) is 6.54. The quantitative estimate of drug-likeness (QED) is 0.714. The maximum atomic E-state index is 12.5. The van der Waals surface area contributed by atoms with Gasteiger partial charge in [-0.15, -0.1) is 16.4 Å². The van der Waals surface area contributed by atoms with E-state index in [4.69, 9.17) is 0 Å². The number of carbonyl (C=O) groups excluding carboxylic acids is 1. The lowest BCUT2D eigenvalue weighted by Crippen LogP contribution is -2.55.